The molecule has 1 amide bonds. The Labute approximate surface area is 226 Å². The molecule has 204 valence electrons. The Balaban J connectivity index is 1.74. The molecule has 0 aliphatic heterocycles. The second-order valence-electron chi connectivity index (χ2n) is 8.94. The van der Waals surface area contributed by atoms with Crippen LogP contribution in [-0.4, -0.2) is 32.0 Å². The first-order chi connectivity index (χ1) is 18.6. The highest BCUT2D eigenvalue weighted by molar-refractivity contribution is 7.90. The summed E-state index contributed by atoms with van der Waals surface area (Å²) in [5.74, 6) is -0.196. The van der Waals surface area contributed by atoms with E-state index in [-0.39, 0.29) is 11.0 Å². The first-order valence-corrected chi connectivity index (χ1v) is 13.7. The van der Waals surface area contributed by atoms with Gasteiger partial charge in [-0.2, -0.15) is 0 Å². The number of carbonyl (C=O) groups is 1. The van der Waals surface area contributed by atoms with Crippen molar-refractivity contribution in [2.24, 2.45) is 0 Å². The van der Waals surface area contributed by atoms with Crippen molar-refractivity contribution < 1.29 is 27.1 Å². The number of nitrogens with zero attached hydrogens (tertiary/aromatic N) is 1. The highest BCUT2D eigenvalue weighted by atomic mass is 32.2. The summed E-state index contributed by atoms with van der Waals surface area (Å²) in [4.78, 5) is 17.4. The highest BCUT2D eigenvalue weighted by Gasteiger charge is 2.27. The van der Waals surface area contributed by atoms with Crippen molar-refractivity contribution >= 4 is 38.2 Å². The molecule has 0 radical (unpaired) electrons. The largest absolute Gasteiger partial charge is 0.490 e. The second kappa shape index (κ2) is 11.6. The molecular weight excluding hydrogens is 523 g/mol. The van der Waals surface area contributed by atoms with Crippen LogP contribution in [0, 0.1) is 5.82 Å². The number of nitrogen functional groups attached to an aromatic ring is 1. The van der Waals surface area contributed by atoms with Crippen LogP contribution >= 0.6 is 0 Å². The molecule has 39 heavy (non-hydrogen) atoms. The maximum atomic E-state index is 13.5. The summed E-state index contributed by atoms with van der Waals surface area (Å²) in [5.41, 5.74) is 6.92. The molecule has 0 aliphatic rings. The fourth-order valence-electron chi connectivity index (χ4n) is 3.95. The van der Waals surface area contributed by atoms with Crippen LogP contribution in [0.2, 0.25) is 0 Å². The topological polar surface area (TPSA) is 133 Å². The summed E-state index contributed by atoms with van der Waals surface area (Å²) in [6.07, 6.45) is 1.45. The van der Waals surface area contributed by atoms with Gasteiger partial charge in [-0.3, -0.25) is 4.79 Å². The predicted octanol–water partition coefficient (Wildman–Crippen LogP) is 4.80. The third kappa shape index (κ3) is 6.55. The molecule has 1 unspecified atom stereocenters. The van der Waals surface area contributed by atoms with E-state index in [1.807, 2.05) is 20.8 Å². The third-order valence-corrected chi connectivity index (χ3v) is 7.05. The van der Waals surface area contributed by atoms with E-state index in [1.165, 1.54) is 0 Å². The van der Waals surface area contributed by atoms with E-state index < -0.39 is 27.8 Å². The number of nitrogens with one attached hydrogen (secondary N) is 2. The van der Waals surface area contributed by atoms with E-state index >= 15 is 0 Å². The van der Waals surface area contributed by atoms with Gasteiger partial charge >= 0.3 is 0 Å². The average Bonchev–Trinajstić information content (AvgIpc) is 2.88. The quantitative estimate of drug-likeness (QED) is 0.256. The van der Waals surface area contributed by atoms with Crippen LogP contribution in [0.5, 0.6) is 11.5 Å². The van der Waals surface area contributed by atoms with Gasteiger partial charge in [0, 0.05) is 17.3 Å². The number of benzene rings is 3. The zero-order chi connectivity index (χ0) is 28.2. The van der Waals surface area contributed by atoms with Crippen molar-refractivity contribution in [1.29, 1.82) is 0 Å². The van der Waals surface area contributed by atoms with Gasteiger partial charge in [0.25, 0.3) is 15.9 Å². The lowest BCUT2D eigenvalue weighted by molar-refractivity contribution is -0.120. The lowest BCUT2D eigenvalue weighted by atomic mass is 10.0. The number of ether oxygens (including phenoxy) is 2. The minimum atomic E-state index is -4.29. The molecule has 11 heteroatoms. The molecular formula is C28H29FN4O5S. The summed E-state index contributed by atoms with van der Waals surface area (Å²) < 4.78 is 52.9. The molecule has 4 N–H and O–H groups in total. The Morgan fingerprint density at radius 1 is 1.03 bits per heavy atom. The van der Waals surface area contributed by atoms with E-state index in [1.54, 1.807) is 48.7 Å². The Kier molecular flexibility index (Phi) is 8.20. The molecule has 4 aromatic rings. The normalized spacial score (nSPS) is 12.2. The molecule has 1 aromatic heterocycles. The molecule has 1 atom stereocenters. The smallest absolute Gasteiger partial charge is 0.264 e. The zero-order valence-corrected chi connectivity index (χ0v) is 22.5. The van der Waals surface area contributed by atoms with Crippen LogP contribution in [0.4, 0.5) is 15.9 Å². The number of nitrogens with two attached hydrogens (primary N) is 1. The maximum absolute atomic E-state index is 13.5. The Hall–Kier alpha value is -4.38. The minimum Gasteiger partial charge on any atom is -0.490 e. The number of rotatable bonds is 10. The number of fused-ring (bicyclic) bond motifs is 1. The Morgan fingerprint density at radius 2 is 1.77 bits per heavy atom. The fourth-order valence-corrected chi connectivity index (χ4v) is 4.94. The monoisotopic (exact) mass is 552 g/mol. The van der Waals surface area contributed by atoms with Gasteiger partial charge in [-0.05, 0) is 92.4 Å². The third-order valence-electron chi connectivity index (χ3n) is 5.69. The van der Waals surface area contributed by atoms with Crippen LogP contribution in [0.3, 0.4) is 0 Å². The van der Waals surface area contributed by atoms with Gasteiger partial charge < -0.3 is 20.5 Å². The number of pyridine rings is 1. The highest BCUT2D eigenvalue weighted by Crippen LogP contribution is 2.33. The van der Waals surface area contributed by atoms with E-state index in [0.717, 1.165) is 35.0 Å². The maximum Gasteiger partial charge on any atom is 0.264 e. The summed E-state index contributed by atoms with van der Waals surface area (Å²) in [7, 11) is -4.29. The van der Waals surface area contributed by atoms with Crippen molar-refractivity contribution in [3.05, 3.63) is 84.3 Å². The summed E-state index contributed by atoms with van der Waals surface area (Å²) in [5, 5.41) is 4.64. The number of halogens is 1. The Bertz CT molecular complexity index is 1590. The predicted molar refractivity (Wildman–Crippen MR) is 148 cm³/mol. The number of anilines is 2. The Morgan fingerprint density at radius 3 is 2.46 bits per heavy atom. The number of hydrogen-bond acceptors (Lipinski definition) is 8. The number of sulfonamides is 1. The number of carbonyl (C=O) groups excluding carboxylic acids is 1. The first-order valence-electron chi connectivity index (χ1n) is 12.2. The summed E-state index contributed by atoms with van der Waals surface area (Å²) >= 11 is 0. The molecule has 0 aliphatic carbocycles. The molecule has 1 heterocycles. The van der Waals surface area contributed by atoms with Gasteiger partial charge in [0.05, 0.1) is 17.6 Å². The van der Waals surface area contributed by atoms with Crippen LogP contribution in [-0.2, 0) is 14.8 Å². The lowest BCUT2D eigenvalue weighted by Gasteiger charge is -2.22. The molecule has 0 saturated carbocycles. The van der Waals surface area contributed by atoms with Gasteiger partial charge in [0.1, 0.15) is 17.7 Å². The minimum absolute atomic E-state index is 0.118. The number of hydrogen-bond donors (Lipinski definition) is 3. The molecule has 0 spiro atoms. The first kappa shape index (κ1) is 27.6. The van der Waals surface area contributed by atoms with Gasteiger partial charge in [-0.15, -0.1) is 0 Å². The van der Waals surface area contributed by atoms with Crippen molar-refractivity contribution in [3.8, 4) is 11.5 Å². The molecule has 0 saturated heterocycles. The van der Waals surface area contributed by atoms with Crippen molar-refractivity contribution in [1.82, 2.24) is 9.71 Å². The van der Waals surface area contributed by atoms with Gasteiger partial charge in [0.15, 0.2) is 11.5 Å². The van der Waals surface area contributed by atoms with E-state index in [4.69, 9.17) is 15.2 Å². The van der Waals surface area contributed by atoms with Crippen LogP contribution < -0.4 is 25.2 Å². The van der Waals surface area contributed by atoms with E-state index in [9.17, 15) is 17.6 Å². The van der Waals surface area contributed by atoms with Crippen LogP contribution in [0.25, 0.3) is 10.8 Å². The summed E-state index contributed by atoms with van der Waals surface area (Å²) in [6, 6.07) is 15.0. The van der Waals surface area contributed by atoms with E-state index in [0.29, 0.717) is 35.2 Å². The average molecular weight is 553 g/mol. The van der Waals surface area contributed by atoms with Crippen LogP contribution in [0.1, 0.15) is 32.4 Å². The lowest BCUT2D eigenvalue weighted by Crippen LogP contribution is -2.37. The van der Waals surface area contributed by atoms with Crippen molar-refractivity contribution in [3.63, 3.8) is 0 Å². The second-order valence-corrected chi connectivity index (χ2v) is 10.6. The number of aromatic nitrogens is 1. The van der Waals surface area contributed by atoms with Crippen molar-refractivity contribution in [2.45, 2.75) is 37.8 Å². The molecule has 0 bridgehead atoms. The molecule has 0 fully saturated rings. The standard InChI is InChI=1S/C28H29FN4O5S/c1-4-37-25-16-19(5-12-24(25)38-17(2)3)26(28(34)33-39(35,36)22-9-6-20(29)7-10-22)32-21-8-11-23-18(15-21)13-14-31-27(23)30/h5-17,26,32H,4H2,1-3H3,(H2,30,31)(H,33,34). The SMILES string of the molecule is CCOc1cc(C(Nc2ccc3c(N)nccc3c2)C(=O)NS(=O)(=O)c2ccc(F)cc2)ccc1OC(C)C. The van der Waals surface area contributed by atoms with Crippen LogP contribution in [0.15, 0.2) is 77.8 Å². The molecule has 9 nitrogen and oxygen atoms in total. The van der Waals surface area contributed by atoms with Gasteiger partial charge in [-0.1, -0.05) is 6.07 Å². The molecule has 4 rings (SSSR count). The number of amides is 1. The zero-order valence-electron chi connectivity index (χ0n) is 21.6. The fraction of sp³-hybridized carbons (Fsp3) is 0.214. The summed E-state index contributed by atoms with van der Waals surface area (Å²) in [6.45, 7) is 5.92. The van der Waals surface area contributed by atoms with E-state index in [2.05, 4.69) is 15.0 Å². The van der Waals surface area contributed by atoms with Crippen molar-refractivity contribution in [2.75, 3.05) is 17.7 Å². The molecule has 3 aromatic carbocycles. The van der Waals surface area contributed by atoms with Gasteiger partial charge in [0.2, 0.25) is 0 Å². The van der Waals surface area contributed by atoms with Gasteiger partial charge in [-0.25, -0.2) is 22.5 Å².